The summed E-state index contributed by atoms with van der Waals surface area (Å²) in [5, 5.41) is 9.23. The molecule has 7 rings (SSSR count). The summed E-state index contributed by atoms with van der Waals surface area (Å²) in [6.45, 7) is 0. The van der Waals surface area contributed by atoms with Crippen molar-refractivity contribution in [3.8, 4) is 39.8 Å². The van der Waals surface area contributed by atoms with E-state index in [4.69, 9.17) is 4.74 Å². The van der Waals surface area contributed by atoms with Crippen molar-refractivity contribution < 1.29 is 4.74 Å². The topological polar surface area (TPSA) is 33.0 Å². The summed E-state index contributed by atoms with van der Waals surface area (Å²) in [5.74, 6) is 1.77. The second-order valence-electron chi connectivity index (χ2n) is 8.98. The summed E-state index contributed by atoms with van der Waals surface area (Å²) in [7, 11) is 0. The van der Waals surface area contributed by atoms with Crippen molar-refractivity contribution in [2.75, 3.05) is 0 Å². The van der Waals surface area contributed by atoms with E-state index in [1.165, 1.54) is 22.3 Å². The molecule has 1 heterocycles. The van der Waals surface area contributed by atoms with Crippen molar-refractivity contribution in [3.05, 3.63) is 141 Å². The Bertz CT molecular complexity index is 1650. The number of fused-ring (bicyclic) bond motifs is 9. The van der Waals surface area contributed by atoms with E-state index in [9.17, 15) is 5.26 Å². The van der Waals surface area contributed by atoms with E-state index in [0.717, 1.165) is 38.2 Å². The molecule has 1 aliphatic heterocycles. The van der Waals surface area contributed by atoms with Gasteiger partial charge >= 0.3 is 0 Å². The van der Waals surface area contributed by atoms with Gasteiger partial charge in [0.2, 0.25) is 0 Å². The molecule has 0 unspecified atom stereocenters. The summed E-state index contributed by atoms with van der Waals surface area (Å²) in [6.07, 6.45) is 0. The van der Waals surface area contributed by atoms with Crippen molar-refractivity contribution in [2.45, 2.75) is 5.41 Å². The summed E-state index contributed by atoms with van der Waals surface area (Å²) in [4.78, 5) is 0. The molecular weight excluding hydrogens is 494 g/mol. The van der Waals surface area contributed by atoms with Crippen LogP contribution in [-0.2, 0) is 5.41 Å². The first-order valence-corrected chi connectivity index (χ1v) is 12.3. The zero-order valence-corrected chi connectivity index (χ0v) is 20.2. The van der Waals surface area contributed by atoms with Crippen LogP contribution in [0.1, 0.15) is 27.8 Å². The maximum Gasteiger partial charge on any atom is 0.132 e. The lowest BCUT2D eigenvalue weighted by Gasteiger charge is -2.39. The van der Waals surface area contributed by atoms with Crippen molar-refractivity contribution in [3.63, 3.8) is 0 Å². The SMILES string of the molecule is N#Cc1ccc(-c2ccc3c(c2)C2(c4ccccc4Oc4ccccc42)c2cc(Br)ccc2-3)cc1. The highest BCUT2D eigenvalue weighted by Crippen LogP contribution is 2.62. The van der Waals surface area contributed by atoms with Crippen molar-refractivity contribution in [1.29, 1.82) is 5.26 Å². The highest BCUT2D eigenvalue weighted by molar-refractivity contribution is 9.10. The van der Waals surface area contributed by atoms with Crippen LogP contribution in [0.2, 0.25) is 0 Å². The standard InChI is InChI=1S/C32H18BrNO/c33-23-14-16-25-24-15-13-22(21-11-9-20(19-34)10-12-21)17-28(24)32(29(25)18-23)26-5-1-3-7-30(26)35-31-8-4-2-6-27(31)32/h1-18H. The molecule has 0 radical (unpaired) electrons. The van der Waals surface area contributed by atoms with Gasteiger partial charge in [0.25, 0.3) is 0 Å². The van der Waals surface area contributed by atoms with Crippen LogP contribution in [-0.4, -0.2) is 0 Å². The number of halogens is 1. The molecule has 35 heavy (non-hydrogen) atoms. The second-order valence-corrected chi connectivity index (χ2v) is 9.90. The first-order chi connectivity index (χ1) is 17.2. The Morgan fingerprint density at radius 1 is 0.600 bits per heavy atom. The lowest BCUT2D eigenvalue weighted by Crippen LogP contribution is -2.32. The van der Waals surface area contributed by atoms with Crippen LogP contribution < -0.4 is 4.74 Å². The van der Waals surface area contributed by atoms with Gasteiger partial charge in [-0.15, -0.1) is 0 Å². The molecule has 0 aromatic heterocycles. The molecule has 0 bridgehead atoms. The molecule has 0 saturated heterocycles. The number of ether oxygens (including phenoxy) is 1. The minimum absolute atomic E-state index is 0.498. The van der Waals surface area contributed by atoms with Gasteiger partial charge in [0.15, 0.2) is 0 Å². The van der Waals surface area contributed by atoms with E-state index in [-0.39, 0.29) is 0 Å². The van der Waals surface area contributed by atoms with E-state index in [1.807, 2.05) is 36.4 Å². The molecule has 0 fully saturated rings. The largest absolute Gasteiger partial charge is 0.457 e. The molecular formula is C32H18BrNO. The lowest BCUT2D eigenvalue weighted by atomic mass is 9.66. The van der Waals surface area contributed by atoms with E-state index < -0.39 is 5.41 Å². The summed E-state index contributed by atoms with van der Waals surface area (Å²) in [6, 6.07) is 40.1. The number of hydrogen-bond donors (Lipinski definition) is 0. The summed E-state index contributed by atoms with van der Waals surface area (Å²) in [5.41, 5.74) is 9.64. The smallest absolute Gasteiger partial charge is 0.132 e. The molecule has 5 aromatic rings. The quantitative estimate of drug-likeness (QED) is 0.221. The number of hydrogen-bond acceptors (Lipinski definition) is 2. The third-order valence-electron chi connectivity index (χ3n) is 7.25. The van der Waals surface area contributed by atoms with Gasteiger partial charge < -0.3 is 4.74 Å². The van der Waals surface area contributed by atoms with Crippen LogP contribution in [0.4, 0.5) is 0 Å². The summed E-state index contributed by atoms with van der Waals surface area (Å²) < 4.78 is 7.48. The third-order valence-corrected chi connectivity index (χ3v) is 7.74. The van der Waals surface area contributed by atoms with E-state index in [2.05, 4.69) is 94.8 Å². The van der Waals surface area contributed by atoms with Crippen LogP contribution in [0.25, 0.3) is 22.3 Å². The molecule has 0 N–H and O–H groups in total. The monoisotopic (exact) mass is 511 g/mol. The normalized spacial score (nSPS) is 13.7. The lowest BCUT2D eigenvalue weighted by molar-refractivity contribution is 0.436. The fraction of sp³-hybridized carbons (Fsp3) is 0.0312. The third kappa shape index (κ3) is 2.75. The zero-order chi connectivity index (χ0) is 23.6. The number of nitrogens with zero attached hydrogens (tertiary/aromatic N) is 1. The van der Waals surface area contributed by atoms with Gasteiger partial charge in [0.05, 0.1) is 17.0 Å². The molecule has 2 aliphatic rings. The van der Waals surface area contributed by atoms with E-state index >= 15 is 0 Å². The molecule has 0 saturated carbocycles. The highest BCUT2D eigenvalue weighted by Gasteiger charge is 2.51. The van der Waals surface area contributed by atoms with Crippen LogP contribution in [0, 0.1) is 11.3 Å². The van der Waals surface area contributed by atoms with Gasteiger partial charge in [-0.3, -0.25) is 0 Å². The highest BCUT2D eigenvalue weighted by atomic mass is 79.9. The maximum atomic E-state index is 9.23. The molecule has 0 amide bonds. The molecule has 1 aliphatic carbocycles. The maximum absolute atomic E-state index is 9.23. The van der Waals surface area contributed by atoms with Crippen molar-refractivity contribution in [1.82, 2.24) is 0 Å². The Morgan fingerprint density at radius 2 is 1.17 bits per heavy atom. The van der Waals surface area contributed by atoms with Gasteiger partial charge in [-0.25, -0.2) is 0 Å². The Balaban J connectivity index is 1.60. The Hall–Kier alpha value is -4.13. The zero-order valence-electron chi connectivity index (χ0n) is 18.6. The van der Waals surface area contributed by atoms with Crippen LogP contribution in [0.15, 0.2) is 114 Å². The molecule has 2 nitrogen and oxygen atoms in total. The van der Waals surface area contributed by atoms with Crippen LogP contribution >= 0.6 is 15.9 Å². The minimum atomic E-state index is -0.498. The second kappa shape index (κ2) is 7.43. The molecule has 0 atom stereocenters. The van der Waals surface area contributed by atoms with Gasteiger partial charge in [-0.1, -0.05) is 82.7 Å². The average molecular weight is 512 g/mol. The van der Waals surface area contributed by atoms with Crippen molar-refractivity contribution >= 4 is 15.9 Å². The fourth-order valence-electron chi connectivity index (χ4n) is 5.79. The van der Waals surface area contributed by atoms with Gasteiger partial charge in [-0.05, 0) is 75.8 Å². The Kier molecular flexibility index (Phi) is 4.30. The van der Waals surface area contributed by atoms with Gasteiger partial charge in [0, 0.05) is 15.6 Å². The molecule has 164 valence electrons. The fourth-order valence-corrected chi connectivity index (χ4v) is 6.15. The summed E-state index contributed by atoms with van der Waals surface area (Å²) >= 11 is 3.75. The first kappa shape index (κ1) is 20.3. The number of para-hydroxylation sites is 2. The van der Waals surface area contributed by atoms with Crippen LogP contribution in [0.3, 0.4) is 0 Å². The predicted octanol–water partition coefficient (Wildman–Crippen LogP) is 8.46. The Labute approximate surface area is 212 Å². The number of rotatable bonds is 1. The molecule has 5 aromatic carbocycles. The van der Waals surface area contributed by atoms with Gasteiger partial charge in [-0.2, -0.15) is 5.26 Å². The molecule has 1 spiro atoms. The number of nitriles is 1. The van der Waals surface area contributed by atoms with Gasteiger partial charge in [0.1, 0.15) is 11.5 Å². The van der Waals surface area contributed by atoms with Crippen LogP contribution in [0.5, 0.6) is 11.5 Å². The number of benzene rings is 5. The van der Waals surface area contributed by atoms with E-state index in [0.29, 0.717) is 5.56 Å². The van der Waals surface area contributed by atoms with E-state index in [1.54, 1.807) is 0 Å². The van der Waals surface area contributed by atoms with Crippen molar-refractivity contribution in [2.24, 2.45) is 0 Å². The average Bonchev–Trinajstić information content (AvgIpc) is 3.18. The minimum Gasteiger partial charge on any atom is -0.457 e. The molecule has 3 heteroatoms. The predicted molar refractivity (Wildman–Crippen MR) is 142 cm³/mol. The Morgan fingerprint density at radius 3 is 1.83 bits per heavy atom. The first-order valence-electron chi connectivity index (χ1n) is 11.5.